The van der Waals surface area contributed by atoms with Crippen molar-refractivity contribution >= 4 is 74.0 Å². The van der Waals surface area contributed by atoms with Gasteiger partial charge in [-0.15, -0.1) is 0 Å². The second-order valence-electron chi connectivity index (χ2n) is 18.6. The number of ether oxygens (including phenoxy) is 3. The molecular weight excluding hydrogens is 1140 g/mol. The SMILES string of the molecule is CCCOc1ccc(S(=O)(=O)N2CCCN(C)CC2)cc1-c1[nH]c2c(=O)n(C)c(=O)n(CCC)c2c1Br.CCCOc1ccc(S(=O)(=O)NCCN2CCOCC2)cc1-c1[nH]c2c(=O)n(C)c(=O)n(CCC)c2c1Br. The highest BCUT2D eigenvalue weighted by Gasteiger charge is 2.30. The van der Waals surface area contributed by atoms with E-state index < -0.39 is 42.5 Å². The molecule has 4 aromatic heterocycles. The highest BCUT2D eigenvalue weighted by Crippen LogP contribution is 2.41. The fourth-order valence-electron chi connectivity index (χ4n) is 9.12. The first-order chi connectivity index (χ1) is 35.8. The second kappa shape index (κ2) is 25.1. The number of fused-ring (bicyclic) bond motifs is 2. The minimum atomic E-state index is -3.82. The number of sulfonamides is 2. The summed E-state index contributed by atoms with van der Waals surface area (Å²) >= 11 is 7.20. The summed E-state index contributed by atoms with van der Waals surface area (Å²) in [5.74, 6) is 0.956. The third-order valence-corrected chi connectivity index (χ3v) is 18.0. The average molecular weight is 1210 g/mol. The normalized spacial score (nSPS) is 15.3. The van der Waals surface area contributed by atoms with E-state index in [1.54, 1.807) is 33.4 Å². The molecule has 2 aromatic carbocycles. The van der Waals surface area contributed by atoms with Crippen LogP contribution in [0.2, 0.25) is 0 Å². The molecule has 0 amide bonds. The number of H-pyrrole nitrogens is 2. The van der Waals surface area contributed by atoms with E-state index in [0.717, 1.165) is 48.0 Å². The lowest BCUT2D eigenvalue weighted by Gasteiger charge is -2.26. The molecule has 2 fully saturated rings. The van der Waals surface area contributed by atoms with Crippen molar-refractivity contribution in [2.45, 2.75) is 82.7 Å². The van der Waals surface area contributed by atoms with Crippen molar-refractivity contribution in [2.75, 3.05) is 85.8 Å². The molecule has 0 spiro atoms. The van der Waals surface area contributed by atoms with Gasteiger partial charge in [0.2, 0.25) is 20.0 Å². The Morgan fingerprint density at radius 2 is 1.12 bits per heavy atom. The van der Waals surface area contributed by atoms with E-state index in [4.69, 9.17) is 14.2 Å². The summed E-state index contributed by atoms with van der Waals surface area (Å²) in [4.78, 5) is 62.6. The minimum absolute atomic E-state index is 0.0720. The van der Waals surface area contributed by atoms with Crippen molar-refractivity contribution in [2.24, 2.45) is 14.1 Å². The molecule has 2 aliphatic heterocycles. The van der Waals surface area contributed by atoms with Gasteiger partial charge in [-0.05, 0) is 114 Å². The Morgan fingerprint density at radius 3 is 1.61 bits per heavy atom. The first-order valence-corrected chi connectivity index (χ1v) is 29.9. The zero-order valence-corrected chi connectivity index (χ0v) is 48.4. The topological polar surface area (TPSA) is 237 Å². The Balaban J connectivity index is 0.000000219. The van der Waals surface area contributed by atoms with Crippen molar-refractivity contribution in [3.63, 3.8) is 0 Å². The van der Waals surface area contributed by atoms with Gasteiger partial charge in [0, 0.05) is 84.1 Å². The van der Waals surface area contributed by atoms with E-state index in [9.17, 15) is 36.0 Å². The number of morpholine rings is 1. The van der Waals surface area contributed by atoms with Gasteiger partial charge < -0.3 is 29.1 Å². The van der Waals surface area contributed by atoms with Crippen LogP contribution >= 0.6 is 31.9 Å². The summed E-state index contributed by atoms with van der Waals surface area (Å²) in [6.45, 7) is 15.6. The summed E-state index contributed by atoms with van der Waals surface area (Å²) in [5, 5.41) is 0. The molecule has 3 N–H and O–H groups in total. The summed E-state index contributed by atoms with van der Waals surface area (Å²) in [6.07, 6.45) is 3.67. The number of rotatable bonds is 19. The molecule has 0 radical (unpaired) electrons. The summed E-state index contributed by atoms with van der Waals surface area (Å²) < 4.78 is 81.4. The monoisotopic (exact) mass is 1210 g/mol. The number of halogens is 2. The molecule has 25 heteroatoms. The smallest absolute Gasteiger partial charge is 0.331 e. The number of hydrogen-bond donors (Lipinski definition) is 3. The Labute approximate surface area is 453 Å². The van der Waals surface area contributed by atoms with Crippen molar-refractivity contribution in [1.82, 2.24) is 47.1 Å². The molecule has 0 aliphatic carbocycles. The molecule has 0 saturated carbocycles. The molecule has 0 atom stereocenters. The van der Waals surface area contributed by atoms with Crippen LogP contribution in [-0.2, 0) is 52.0 Å². The molecule has 21 nitrogen and oxygen atoms in total. The highest BCUT2D eigenvalue weighted by molar-refractivity contribution is 9.11. The first kappa shape index (κ1) is 57.8. The van der Waals surface area contributed by atoms with Gasteiger partial charge in [0.1, 0.15) is 22.5 Å². The van der Waals surface area contributed by atoms with Crippen molar-refractivity contribution in [1.29, 1.82) is 0 Å². The highest BCUT2D eigenvalue weighted by atomic mass is 79.9. The molecular formula is C50H68Br2N10O11S2. The average Bonchev–Trinajstić information content (AvgIpc) is 3.83. The molecule has 6 aromatic rings. The Kier molecular flexibility index (Phi) is 19.3. The van der Waals surface area contributed by atoms with E-state index in [0.29, 0.717) is 133 Å². The zero-order chi connectivity index (χ0) is 54.4. The fraction of sp³-hybridized carbons (Fsp3) is 0.520. The maximum Gasteiger partial charge on any atom is 0.331 e. The molecule has 0 bridgehead atoms. The van der Waals surface area contributed by atoms with Gasteiger partial charge in [0.05, 0.1) is 67.6 Å². The number of aromatic nitrogens is 6. The van der Waals surface area contributed by atoms with Gasteiger partial charge in [0.25, 0.3) is 11.1 Å². The van der Waals surface area contributed by atoms with Crippen LogP contribution in [0.15, 0.2) is 74.3 Å². The van der Waals surface area contributed by atoms with Gasteiger partial charge >= 0.3 is 11.4 Å². The van der Waals surface area contributed by atoms with Gasteiger partial charge in [-0.25, -0.2) is 31.1 Å². The number of benzene rings is 2. The van der Waals surface area contributed by atoms with Crippen LogP contribution in [-0.4, -0.2) is 145 Å². The third kappa shape index (κ3) is 12.3. The molecule has 0 unspecified atom stereocenters. The molecule has 8 rings (SSSR count). The lowest BCUT2D eigenvalue weighted by Crippen LogP contribution is -2.41. The van der Waals surface area contributed by atoms with Gasteiger partial charge in [0.15, 0.2) is 0 Å². The number of nitrogens with one attached hydrogen (secondary N) is 3. The molecule has 2 aliphatic rings. The predicted octanol–water partition coefficient (Wildman–Crippen LogP) is 5.25. The number of likely N-dealkylation sites (N-methyl/N-ethyl adjacent to an activating group) is 1. The first-order valence-electron chi connectivity index (χ1n) is 25.4. The van der Waals surface area contributed by atoms with Crippen LogP contribution in [0.4, 0.5) is 0 Å². The van der Waals surface area contributed by atoms with Crippen LogP contribution in [0.3, 0.4) is 0 Å². The minimum Gasteiger partial charge on any atom is -0.493 e. The van der Waals surface area contributed by atoms with Gasteiger partial charge in [-0.3, -0.25) is 32.8 Å². The van der Waals surface area contributed by atoms with Crippen LogP contribution in [0.5, 0.6) is 11.5 Å². The van der Waals surface area contributed by atoms with E-state index in [2.05, 4.69) is 56.3 Å². The van der Waals surface area contributed by atoms with Crippen LogP contribution < -0.4 is 36.7 Å². The van der Waals surface area contributed by atoms with E-state index in [1.807, 2.05) is 34.7 Å². The molecule has 6 heterocycles. The van der Waals surface area contributed by atoms with Crippen LogP contribution in [0, 0.1) is 0 Å². The van der Waals surface area contributed by atoms with Crippen LogP contribution in [0.1, 0.15) is 59.8 Å². The van der Waals surface area contributed by atoms with Crippen LogP contribution in [0.25, 0.3) is 44.6 Å². The van der Waals surface area contributed by atoms with Gasteiger partial charge in [-0.1, -0.05) is 27.7 Å². The lowest BCUT2D eigenvalue weighted by molar-refractivity contribution is 0.0390. The van der Waals surface area contributed by atoms with E-state index in [-0.39, 0.29) is 27.4 Å². The second-order valence-corrected chi connectivity index (χ2v) is 23.9. The molecule has 2 saturated heterocycles. The number of hydrogen-bond acceptors (Lipinski definition) is 13. The van der Waals surface area contributed by atoms with Gasteiger partial charge in [-0.2, -0.15) is 4.31 Å². The number of nitrogens with zero attached hydrogens (tertiary/aromatic N) is 7. The summed E-state index contributed by atoms with van der Waals surface area (Å²) in [5.41, 5.74) is 1.59. The predicted molar refractivity (Wildman–Crippen MR) is 297 cm³/mol. The third-order valence-electron chi connectivity index (χ3n) is 13.1. The van der Waals surface area contributed by atoms with E-state index >= 15 is 0 Å². The number of aryl methyl sites for hydroxylation is 2. The van der Waals surface area contributed by atoms with Crippen molar-refractivity contribution in [3.05, 3.63) is 87.0 Å². The summed E-state index contributed by atoms with van der Waals surface area (Å²) in [7, 11) is -2.70. The Bertz CT molecular complexity index is 3510. The zero-order valence-electron chi connectivity index (χ0n) is 43.6. The Morgan fingerprint density at radius 1 is 0.627 bits per heavy atom. The van der Waals surface area contributed by atoms with Crippen molar-refractivity contribution < 1.29 is 31.0 Å². The lowest BCUT2D eigenvalue weighted by atomic mass is 10.1. The van der Waals surface area contributed by atoms with E-state index in [1.165, 1.54) is 30.5 Å². The maximum absolute atomic E-state index is 13.6. The largest absolute Gasteiger partial charge is 0.493 e. The summed E-state index contributed by atoms with van der Waals surface area (Å²) in [6, 6.07) is 9.49. The Hall–Kier alpha value is -4.86. The standard InChI is InChI=1S/C25H34BrN5O6S.C25H34BrN5O5S/c1-4-9-31-23-20(26)21(28-22(23)24(32)29(3)25(31)33)18-16-17(6-7-19(18)37-13-5-2)38(34,35)27-8-10-30-11-14-36-15-12-30;1-5-10-31-23-20(26)21(27-22(23)24(32)29(4)25(31)33)18-16-17(8-9-19(18)36-15-6-2)37(34,35)30-12-7-11-28(3)13-14-30/h6-7,16,27-28H,4-5,8-15H2,1-3H3;8-9,16,27H,5-7,10-15H2,1-4H3. The maximum atomic E-state index is 13.6. The fourth-order valence-corrected chi connectivity index (χ4v) is 13.1. The molecule has 75 heavy (non-hydrogen) atoms. The quantitative estimate of drug-likeness (QED) is 0.0941. The number of aromatic amines is 2. The molecule has 410 valence electrons. The van der Waals surface area contributed by atoms with Crippen molar-refractivity contribution in [3.8, 4) is 34.0 Å².